The molecule has 1 aromatic heterocycles. The van der Waals surface area contributed by atoms with Crippen molar-refractivity contribution in [1.29, 1.82) is 0 Å². The standard InChI is InChI=1S/C14H16O/c1-9(2)7-13-11(4)12-6-5-10(3)8-14(12)15-13/h5-9H,4H2,1-3H3/b13-7+. The first-order valence-electron chi connectivity index (χ1n) is 5.28. The molecule has 0 amide bonds. The monoisotopic (exact) mass is 200 g/mol. The summed E-state index contributed by atoms with van der Waals surface area (Å²) in [7, 11) is 0. The van der Waals surface area contributed by atoms with Gasteiger partial charge in [0.05, 0.1) is 0 Å². The predicted molar refractivity (Wildman–Crippen MR) is 65.0 cm³/mol. The minimum absolute atomic E-state index is 0.479. The SMILES string of the molecule is C=c1/c(=C\C(C)C)oc2cc(C)ccc12. The molecule has 0 unspecified atom stereocenters. The van der Waals surface area contributed by atoms with Gasteiger partial charge in [0.1, 0.15) is 11.0 Å². The van der Waals surface area contributed by atoms with E-state index in [4.69, 9.17) is 4.42 Å². The van der Waals surface area contributed by atoms with E-state index in [1.807, 2.05) is 0 Å². The Hall–Kier alpha value is -1.50. The van der Waals surface area contributed by atoms with Crippen LogP contribution in [0.1, 0.15) is 19.4 Å². The summed E-state index contributed by atoms with van der Waals surface area (Å²) in [5.41, 5.74) is 3.06. The van der Waals surface area contributed by atoms with E-state index in [0.29, 0.717) is 5.92 Å². The van der Waals surface area contributed by atoms with Gasteiger partial charge in [-0.15, -0.1) is 0 Å². The Morgan fingerprint density at radius 3 is 2.73 bits per heavy atom. The molecule has 0 N–H and O–H groups in total. The van der Waals surface area contributed by atoms with E-state index in [1.165, 1.54) is 5.56 Å². The lowest BCUT2D eigenvalue weighted by Gasteiger charge is -1.89. The number of fused-ring (bicyclic) bond motifs is 1. The van der Waals surface area contributed by atoms with Gasteiger partial charge in [0.25, 0.3) is 0 Å². The molecule has 0 aliphatic carbocycles. The van der Waals surface area contributed by atoms with Crippen LogP contribution in [0, 0.1) is 12.8 Å². The number of hydrogen-bond acceptors (Lipinski definition) is 1. The molecular weight excluding hydrogens is 184 g/mol. The van der Waals surface area contributed by atoms with E-state index in [-0.39, 0.29) is 0 Å². The van der Waals surface area contributed by atoms with Gasteiger partial charge >= 0.3 is 0 Å². The minimum atomic E-state index is 0.479. The Morgan fingerprint density at radius 1 is 1.33 bits per heavy atom. The first-order chi connectivity index (χ1) is 7.08. The average molecular weight is 200 g/mol. The van der Waals surface area contributed by atoms with Gasteiger partial charge in [0, 0.05) is 10.6 Å². The number of benzene rings is 1. The summed E-state index contributed by atoms with van der Waals surface area (Å²) >= 11 is 0. The Labute approximate surface area is 89.7 Å². The van der Waals surface area contributed by atoms with Crippen molar-refractivity contribution in [2.24, 2.45) is 5.92 Å². The largest absolute Gasteiger partial charge is 0.456 e. The van der Waals surface area contributed by atoms with Crippen molar-refractivity contribution in [3.05, 3.63) is 34.4 Å². The molecule has 15 heavy (non-hydrogen) atoms. The zero-order valence-corrected chi connectivity index (χ0v) is 9.50. The van der Waals surface area contributed by atoms with E-state index in [1.54, 1.807) is 0 Å². The van der Waals surface area contributed by atoms with Crippen LogP contribution in [0.3, 0.4) is 0 Å². The van der Waals surface area contributed by atoms with Crippen LogP contribution in [0.5, 0.6) is 0 Å². The predicted octanol–water partition coefficient (Wildman–Crippen LogP) is 2.59. The van der Waals surface area contributed by atoms with Crippen LogP contribution in [0.4, 0.5) is 0 Å². The van der Waals surface area contributed by atoms with E-state index in [9.17, 15) is 0 Å². The molecule has 0 fully saturated rings. The molecule has 0 aliphatic heterocycles. The molecule has 2 aromatic rings. The highest BCUT2D eigenvalue weighted by molar-refractivity contribution is 5.78. The van der Waals surface area contributed by atoms with Crippen LogP contribution in [0.25, 0.3) is 23.6 Å². The van der Waals surface area contributed by atoms with Gasteiger partial charge in [0.2, 0.25) is 0 Å². The molecule has 0 bridgehead atoms. The second kappa shape index (κ2) is 3.58. The highest BCUT2D eigenvalue weighted by atomic mass is 16.3. The van der Waals surface area contributed by atoms with Crippen molar-refractivity contribution >= 4 is 23.6 Å². The summed E-state index contributed by atoms with van der Waals surface area (Å²) < 4.78 is 5.77. The molecule has 1 heterocycles. The van der Waals surface area contributed by atoms with Crippen molar-refractivity contribution in [1.82, 2.24) is 0 Å². The topological polar surface area (TPSA) is 13.1 Å². The molecule has 2 rings (SSSR count). The summed E-state index contributed by atoms with van der Waals surface area (Å²) in [6.07, 6.45) is 2.11. The molecular formula is C14H16O. The first kappa shape index (κ1) is 10.0. The van der Waals surface area contributed by atoms with Gasteiger partial charge in [-0.2, -0.15) is 0 Å². The number of aryl methyl sites for hydroxylation is 1. The number of furan rings is 1. The maximum absolute atomic E-state index is 5.77. The molecule has 0 radical (unpaired) electrons. The quantitative estimate of drug-likeness (QED) is 0.689. The Balaban J connectivity index is 2.81. The van der Waals surface area contributed by atoms with Crippen LogP contribution < -0.4 is 10.6 Å². The highest BCUT2D eigenvalue weighted by Gasteiger charge is 2.01. The fourth-order valence-corrected chi connectivity index (χ4v) is 1.71. The first-order valence-corrected chi connectivity index (χ1v) is 5.28. The lowest BCUT2D eigenvalue weighted by Crippen LogP contribution is -2.18. The van der Waals surface area contributed by atoms with Crippen molar-refractivity contribution < 1.29 is 4.42 Å². The lowest BCUT2D eigenvalue weighted by atomic mass is 10.1. The Kier molecular flexibility index (Phi) is 2.39. The summed E-state index contributed by atoms with van der Waals surface area (Å²) in [5.74, 6) is 0.479. The third-order valence-electron chi connectivity index (χ3n) is 2.46. The van der Waals surface area contributed by atoms with Gasteiger partial charge in [-0.3, -0.25) is 0 Å². The number of rotatable bonds is 1. The summed E-state index contributed by atoms with van der Waals surface area (Å²) in [6.45, 7) is 10.4. The zero-order chi connectivity index (χ0) is 11.0. The van der Waals surface area contributed by atoms with Gasteiger partial charge in [-0.25, -0.2) is 0 Å². The zero-order valence-electron chi connectivity index (χ0n) is 9.50. The van der Waals surface area contributed by atoms with Gasteiger partial charge in [-0.1, -0.05) is 32.6 Å². The van der Waals surface area contributed by atoms with Crippen LogP contribution in [0.2, 0.25) is 0 Å². The number of hydrogen-bond donors (Lipinski definition) is 0. The Bertz CT molecular complexity index is 588. The minimum Gasteiger partial charge on any atom is -0.456 e. The van der Waals surface area contributed by atoms with E-state index < -0.39 is 0 Å². The molecule has 0 saturated heterocycles. The van der Waals surface area contributed by atoms with E-state index >= 15 is 0 Å². The average Bonchev–Trinajstić information content (AvgIpc) is 2.42. The maximum Gasteiger partial charge on any atom is 0.135 e. The van der Waals surface area contributed by atoms with Crippen molar-refractivity contribution in [3.8, 4) is 0 Å². The summed E-state index contributed by atoms with van der Waals surface area (Å²) in [5, 5.41) is 2.12. The fourth-order valence-electron chi connectivity index (χ4n) is 1.71. The van der Waals surface area contributed by atoms with Crippen molar-refractivity contribution in [3.63, 3.8) is 0 Å². The normalized spacial score (nSPS) is 12.9. The fraction of sp³-hybridized carbons (Fsp3) is 0.286. The molecule has 1 heteroatoms. The van der Waals surface area contributed by atoms with Crippen LogP contribution in [0.15, 0.2) is 22.6 Å². The molecule has 0 saturated carbocycles. The van der Waals surface area contributed by atoms with Crippen LogP contribution in [-0.4, -0.2) is 0 Å². The molecule has 0 atom stereocenters. The molecule has 1 nitrogen and oxygen atoms in total. The van der Waals surface area contributed by atoms with Crippen LogP contribution >= 0.6 is 0 Å². The van der Waals surface area contributed by atoms with Gasteiger partial charge < -0.3 is 4.42 Å². The third kappa shape index (κ3) is 1.82. The lowest BCUT2D eigenvalue weighted by molar-refractivity contribution is 0.570. The summed E-state index contributed by atoms with van der Waals surface area (Å²) in [4.78, 5) is 0. The highest BCUT2D eigenvalue weighted by Crippen LogP contribution is 2.10. The molecule has 0 spiro atoms. The second-order valence-electron chi connectivity index (χ2n) is 4.36. The maximum atomic E-state index is 5.77. The van der Waals surface area contributed by atoms with E-state index in [2.05, 4.69) is 51.6 Å². The smallest absolute Gasteiger partial charge is 0.135 e. The molecule has 1 aromatic carbocycles. The summed E-state index contributed by atoms with van der Waals surface area (Å²) in [6, 6.07) is 6.22. The molecule has 78 valence electrons. The third-order valence-corrected chi connectivity index (χ3v) is 2.46. The van der Waals surface area contributed by atoms with Gasteiger partial charge in [-0.05, 0) is 30.5 Å². The Morgan fingerprint density at radius 2 is 2.07 bits per heavy atom. The molecule has 0 aliphatic rings. The van der Waals surface area contributed by atoms with E-state index in [0.717, 1.165) is 21.6 Å². The van der Waals surface area contributed by atoms with Crippen molar-refractivity contribution in [2.45, 2.75) is 20.8 Å². The van der Waals surface area contributed by atoms with Crippen LogP contribution in [-0.2, 0) is 0 Å². The second-order valence-corrected chi connectivity index (χ2v) is 4.36. The van der Waals surface area contributed by atoms with Crippen molar-refractivity contribution in [2.75, 3.05) is 0 Å². The van der Waals surface area contributed by atoms with Gasteiger partial charge in [0.15, 0.2) is 0 Å².